The molecule has 0 spiro atoms. The fourth-order valence-electron chi connectivity index (χ4n) is 6.07. The minimum atomic E-state index is -0.328. The summed E-state index contributed by atoms with van der Waals surface area (Å²) in [5.41, 5.74) is 5.07. The molecular weight excluding hydrogens is 610 g/mol. The molecule has 3 amide bonds. The Kier molecular flexibility index (Phi) is 7.39. The van der Waals surface area contributed by atoms with E-state index in [1.54, 1.807) is 47.4 Å². The number of amides is 3. The summed E-state index contributed by atoms with van der Waals surface area (Å²) in [5.74, 6) is 0.146. The van der Waals surface area contributed by atoms with Gasteiger partial charge in [0.15, 0.2) is 0 Å². The van der Waals surface area contributed by atoms with Crippen LogP contribution in [0, 0.1) is 0 Å². The SMILES string of the molecule is O=C(CCS)Nc1ccc2[nH]c(C(=O)Nc3ccc4[nH]c(C(=O)N5CC(CCl)c6c5cc(O)c5ccccc65)cc4c3)cc2c1. The highest BCUT2D eigenvalue weighted by molar-refractivity contribution is 7.80. The van der Waals surface area contributed by atoms with Gasteiger partial charge in [0, 0.05) is 69.4 Å². The van der Waals surface area contributed by atoms with Crippen LogP contribution in [0.25, 0.3) is 32.6 Å². The highest BCUT2D eigenvalue weighted by Crippen LogP contribution is 2.45. The van der Waals surface area contributed by atoms with E-state index in [-0.39, 0.29) is 29.4 Å². The summed E-state index contributed by atoms with van der Waals surface area (Å²) in [7, 11) is 0. The standard InChI is InChI=1S/C34H28ClN5O4S/c35-16-20-17-40(29-15-30(41)23-3-1-2-4-24(23)32(20)29)34(44)28-14-19-12-22(6-8-26(19)39-28)37-33(43)27-13-18-11-21(5-7-25(18)38-27)36-31(42)9-10-45/h1-8,11-15,20,38-39,41,45H,9-10,16-17H2,(H,36,42)(H,37,43). The number of phenols is 1. The predicted octanol–water partition coefficient (Wildman–Crippen LogP) is 7.00. The monoisotopic (exact) mass is 637 g/mol. The molecule has 0 radical (unpaired) electrons. The Morgan fingerprint density at radius 3 is 2.20 bits per heavy atom. The quantitative estimate of drug-likeness (QED) is 0.0831. The number of nitrogens with zero attached hydrogens (tertiary/aromatic N) is 1. The van der Waals surface area contributed by atoms with Crippen LogP contribution in [0.2, 0.25) is 0 Å². The molecule has 0 saturated carbocycles. The number of thiol groups is 1. The normalized spacial score (nSPS) is 14.3. The van der Waals surface area contributed by atoms with Crippen LogP contribution in [0.5, 0.6) is 5.75 Å². The summed E-state index contributed by atoms with van der Waals surface area (Å²) in [5, 5.41) is 19.6. The fraction of sp³-hybridized carbons (Fsp3) is 0.147. The Morgan fingerprint density at radius 1 is 0.867 bits per heavy atom. The molecule has 3 heterocycles. The largest absolute Gasteiger partial charge is 0.507 e. The molecule has 226 valence electrons. The zero-order chi connectivity index (χ0) is 31.2. The van der Waals surface area contributed by atoms with Crippen molar-refractivity contribution in [1.82, 2.24) is 9.97 Å². The molecule has 9 nitrogen and oxygen atoms in total. The fourth-order valence-corrected chi connectivity index (χ4v) is 6.53. The number of nitrogens with one attached hydrogen (secondary N) is 4. The Balaban J connectivity index is 1.12. The first kappa shape index (κ1) is 28.8. The van der Waals surface area contributed by atoms with Gasteiger partial charge in [-0.25, -0.2) is 0 Å². The van der Waals surface area contributed by atoms with Gasteiger partial charge in [0.1, 0.15) is 17.1 Å². The molecule has 1 unspecified atom stereocenters. The van der Waals surface area contributed by atoms with Gasteiger partial charge in [-0.1, -0.05) is 24.3 Å². The Hall–Kier alpha value is -4.93. The zero-order valence-corrected chi connectivity index (χ0v) is 25.5. The second kappa shape index (κ2) is 11.5. The van der Waals surface area contributed by atoms with E-state index in [9.17, 15) is 19.5 Å². The number of anilines is 3. The van der Waals surface area contributed by atoms with Crippen molar-refractivity contribution in [1.29, 1.82) is 0 Å². The van der Waals surface area contributed by atoms with E-state index in [1.165, 1.54) is 0 Å². The van der Waals surface area contributed by atoms with Gasteiger partial charge in [-0.3, -0.25) is 14.4 Å². The number of alkyl halides is 1. The third-order valence-corrected chi connectivity index (χ3v) is 8.77. The van der Waals surface area contributed by atoms with Crippen molar-refractivity contribution in [3.8, 4) is 5.75 Å². The second-order valence-corrected chi connectivity index (χ2v) is 11.8. The number of halogens is 1. The molecule has 1 aliphatic rings. The lowest BCUT2D eigenvalue weighted by atomic mass is 9.95. The number of phenolic OH excluding ortho intramolecular Hbond substituents is 1. The van der Waals surface area contributed by atoms with Crippen LogP contribution in [0.4, 0.5) is 17.1 Å². The molecule has 4 aromatic carbocycles. The van der Waals surface area contributed by atoms with Crippen molar-refractivity contribution in [3.63, 3.8) is 0 Å². The summed E-state index contributed by atoms with van der Waals surface area (Å²) in [6, 6.07) is 23.5. The van der Waals surface area contributed by atoms with E-state index in [4.69, 9.17) is 11.6 Å². The third kappa shape index (κ3) is 5.26. The number of aromatic nitrogens is 2. The molecule has 1 atom stereocenters. The number of benzene rings is 4. The van der Waals surface area contributed by atoms with E-state index in [0.29, 0.717) is 53.0 Å². The van der Waals surface area contributed by atoms with Gasteiger partial charge in [0.2, 0.25) is 5.91 Å². The molecule has 11 heteroatoms. The molecule has 0 bridgehead atoms. The predicted molar refractivity (Wildman–Crippen MR) is 182 cm³/mol. The number of carbonyl (C=O) groups is 3. The zero-order valence-electron chi connectivity index (χ0n) is 23.9. The van der Waals surface area contributed by atoms with Gasteiger partial charge in [-0.15, -0.1) is 11.6 Å². The summed E-state index contributed by atoms with van der Waals surface area (Å²) in [6.07, 6.45) is 0.311. The lowest BCUT2D eigenvalue weighted by molar-refractivity contribution is -0.115. The first-order chi connectivity index (χ1) is 21.8. The molecule has 7 rings (SSSR count). The van der Waals surface area contributed by atoms with Crippen LogP contribution in [0.1, 0.15) is 38.9 Å². The molecule has 0 aliphatic carbocycles. The van der Waals surface area contributed by atoms with Crippen molar-refractivity contribution in [2.45, 2.75) is 12.3 Å². The van der Waals surface area contributed by atoms with E-state index in [0.717, 1.165) is 38.1 Å². The van der Waals surface area contributed by atoms with Crippen LogP contribution >= 0.6 is 24.2 Å². The van der Waals surface area contributed by atoms with E-state index < -0.39 is 0 Å². The third-order valence-electron chi connectivity index (χ3n) is 8.17. The first-order valence-electron chi connectivity index (χ1n) is 14.4. The van der Waals surface area contributed by atoms with Crippen LogP contribution in [0.15, 0.2) is 78.9 Å². The van der Waals surface area contributed by atoms with Crippen LogP contribution in [-0.4, -0.2) is 51.0 Å². The van der Waals surface area contributed by atoms with Gasteiger partial charge in [-0.05, 0) is 65.2 Å². The number of aromatic hydroxyl groups is 1. The average molecular weight is 638 g/mol. The lowest BCUT2D eigenvalue weighted by Crippen LogP contribution is -2.30. The van der Waals surface area contributed by atoms with E-state index >= 15 is 0 Å². The highest BCUT2D eigenvalue weighted by atomic mass is 35.5. The molecule has 0 fully saturated rings. The summed E-state index contributed by atoms with van der Waals surface area (Å²) >= 11 is 10.4. The van der Waals surface area contributed by atoms with Gasteiger partial charge >= 0.3 is 0 Å². The van der Waals surface area contributed by atoms with E-state index in [1.807, 2.05) is 36.4 Å². The molecule has 5 N–H and O–H groups in total. The molecular formula is C34H28ClN5O4S. The van der Waals surface area contributed by atoms with Gasteiger partial charge in [0.25, 0.3) is 11.8 Å². The Bertz CT molecular complexity index is 2160. The van der Waals surface area contributed by atoms with Gasteiger partial charge in [-0.2, -0.15) is 12.6 Å². The highest BCUT2D eigenvalue weighted by Gasteiger charge is 2.35. The number of carbonyl (C=O) groups excluding carboxylic acids is 3. The topological polar surface area (TPSA) is 130 Å². The van der Waals surface area contributed by atoms with Gasteiger partial charge in [0.05, 0.1) is 5.69 Å². The Labute approximate surface area is 268 Å². The number of H-pyrrole nitrogens is 2. The van der Waals surface area contributed by atoms with Crippen LogP contribution in [-0.2, 0) is 4.79 Å². The van der Waals surface area contributed by atoms with Crippen LogP contribution < -0.4 is 15.5 Å². The molecule has 6 aromatic rings. The maximum Gasteiger partial charge on any atom is 0.274 e. The number of aromatic amines is 2. The maximum atomic E-state index is 13.8. The number of fused-ring (bicyclic) bond motifs is 5. The molecule has 2 aromatic heterocycles. The van der Waals surface area contributed by atoms with Crippen molar-refractivity contribution in [2.75, 3.05) is 33.7 Å². The van der Waals surface area contributed by atoms with Crippen molar-refractivity contribution in [2.24, 2.45) is 0 Å². The number of rotatable bonds is 7. The van der Waals surface area contributed by atoms with Crippen molar-refractivity contribution in [3.05, 3.63) is 95.8 Å². The molecule has 0 saturated heterocycles. The minimum absolute atomic E-state index is 0.0737. The summed E-state index contributed by atoms with van der Waals surface area (Å²) in [6.45, 7) is 0.399. The second-order valence-electron chi connectivity index (χ2n) is 11.1. The summed E-state index contributed by atoms with van der Waals surface area (Å²) < 4.78 is 0. The minimum Gasteiger partial charge on any atom is -0.507 e. The number of hydrogen-bond donors (Lipinski definition) is 6. The van der Waals surface area contributed by atoms with Gasteiger partial charge < -0.3 is 30.6 Å². The average Bonchev–Trinajstić information content (AvgIpc) is 3.75. The first-order valence-corrected chi connectivity index (χ1v) is 15.6. The van der Waals surface area contributed by atoms with Crippen molar-refractivity contribution >= 4 is 91.6 Å². The maximum absolute atomic E-state index is 13.8. The number of hydrogen-bond acceptors (Lipinski definition) is 5. The van der Waals surface area contributed by atoms with Crippen molar-refractivity contribution < 1.29 is 19.5 Å². The summed E-state index contributed by atoms with van der Waals surface area (Å²) in [4.78, 5) is 46.8. The Morgan fingerprint density at radius 2 is 1.51 bits per heavy atom. The molecule has 45 heavy (non-hydrogen) atoms. The lowest BCUT2D eigenvalue weighted by Gasteiger charge is -2.17. The smallest absolute Gasteiger partial charge is 0.274 e. The molecule has 1 aliphatic heterocycles. The van der Waals surface area contributed by atoms with E-state index in [2.05, 4.69) is 33.2 Å². The van der Waals surface area contributed by atoms with Crippen LogP contribution in [0.3, 0.4) is 0 Å².